The number of nitrogens with one attached hydrogen (secondary N) is 4. The summed E-state index contributed by atoms with van der Waals surface area (Å²) in [7, 11) is -3.62. The number of rotatable bonds is 10. The Morgan fingerprint density at radius 3 is 2.61 bits per heavy atom. The molecule has 3 heterocycles. The van der Waals surface area contributed by atoms with Crippen molar-refractivity contribution in [2.24, 2.45) is 0 Å². The average molecular weight is 585 g/mol. The van der Waals surface area contributed by atoms with Gasteiger partial charge in [-0.3, -0.25) is 4.79 Å². The molecule has 13 nitrogen and oxygen atoms in total. The van der Waals surface area contributed by atoms with E-state index < -0.39 is 45.0 Å². The van der Waals surface area contributed by atoms with Gasteiger partial charge in [-0.15, -0.1) is 0 Å². The highest BCUT2D eigenvalue weighted by Gasteiger charge is 2.40. The molecule has 0 bridgehead atoms. The Morgan fingerprint density at radius 1 is 1.15 bits per heavy atom. The van der Waals surface area contributed by atoms with Gasteiger partial charge in [0, 0.05) is 19.1 Å². The lowest BCUT2D eigenvalue weighted by atomic mass is 10.1. The van der Waals surface area contributed by atoms with Crippen LogP contribution < -0.4 is 15.4 Å². The predicted molar refractivity (Wildman–Crippen MR) is 152 cm³/mol. The van der Waals surface area contributed by atoms with E-state index in [-0.39, 0.29) is 19.0 Å². The number of aromatic amines is 1. The first-order valence-corrected chi connectivity index (χ1v) is 15.3. The van der Waals surface area contributed by atoms with E-state index in [0.29, 0.717) is 42.8 Å². The fourth-order valence-corrected chi connectivity index (χ4v) is 6.42. The molecule has 2 aromatic heterocycles. The number of anilines is 1. The third kappa shape index (κ3) is 7.30. The van der Waals surface area contributed by atoms with E-state index in [9.17, 15) is 18.0 Å². The molecule has 220 valence electrons. The zero-order valence-corrected chi connectivity index (χ0v) is 24.1. The van der Waals surface area contributed by atoms with Gasteiger partial charge in [0.2, 0.25) is 15.9 Å². The van der Waals surface area contributed by atoms with Crippen LogP contribution >= 0.6 is 0 Å². The normalized spacial score (nSPS) is 20.1. The summed E-state index contributed by atoms with van der Waals surface area (Å²) < 4.78 is 33.7. The lowest BCUT2D eigenvalue weighted by Crippen LogP contribution is -2.52. The van der Waals surface area contributed by atoms with Crippen LogP contribution in [-0.4, -0.2) is 87.3 Å². The molecule has 2 amide bonds. The van der Waals surface area contributed by atoms with Crippen molar-refractivity contribution in [3.63, 3.8) is 0 Å². The van der Waals surface area contributed by atoms with Crippen LogP contribution in [0.25, 0.3) is 11.2 Å². The highest BCUT2D eigenvalue weighted by Crippen LogP contribution is 2.28. The van der Waals surface area contributed by atoms with Gasteiger partial charge in [0.25, 0.3) is 0 Å². The number of nitrogens with zero attached hydrogens (tertiary/aromatic N) is 4. The monoisotopic (exact) mass is 584 g/mol. The molecule has 1 aromatic carbocycles. The predicted octanol–water partition coefficient (Wildman–Crippen LogP) is 1.95. The first kappa shape index (κ1) is 28.7. The van der Waals surface area contributed by atoms with Gasteiger partial charge in [-0.05, 0) is 52.0 Å². The Morgan fingerprint density at radius 2 is 1.90 bits per heavy atom. The number of amides is 2. The molecule has 1 aliphatic heterocycles. The second-order valence-electron chi connectivity index (χ2n) is 11.5. The second kappa shape index (κ2) is 11.6. The fourth-order valence-electron chi connectivity index (χ4n) is 4.88. The number of imidazole rings is 1. The van der Waals surface area contributed by atoms with Gasteiger partial charge >= 0.3 is 6.09 Å². The lowest BCUT2D eigenvalue weighted by molar-refractivity contribution is -0.122. The summed E-state index contributed by atoms with van der Waals surface area (Å²) in [4.78, 5) is 43.8. The van der Waals surface area contributed by atoms with E-state index in [1.165, 1.54) is 12.7 Å². The minimum atomic E-state index is -3.62. The van der Waals surface area contributed by atoms with Gasteiger partial charge in [0.1, 0.15) is 23.5 Å². The summed E-state index contributed by atoms with van der Waals surface area (Å²) in [6.45, 7) is 5.82. The van der Waals surface area contributed by atoms with Gasteiger partial charge in [-0.1, -0.05) is 30.3 Å². The Hall–Kier alpha value is -3.78. The Bertz CT molecular complexity index is 1490. The summed E-state index contributed by atoms with van der Waals surface area (Å²) in [6.07, 6.45) is 4.34. The number of fused-ring (bicyclic) bond motifs is 1. The number of carbonyl (C=O) groups excluding carboxylic acids is 2. The van der Waals surface area contributed by atoms with Gasteiger partial charge < -0.3 is 25.3 Å². The Kier molecular flexibility index (Phi) is 8.13. The molecule has 0 radical (unpaired) electrons. The number of benzene rings is 1. The molecule has 3 atom stereocenters. The van der Waals surface area contributed by atoms with Crippen LogP contribution in [0.5, 0.6) is 0 Å². The van der Waals surface area contributed by atoms with E-state index in [0.717, 1.165) is 5.56 Å². The summed E-state index contributed by atoms with van der Waals surface area (Å²) in [5.74, 6) is 0.109. The molecule has 14 heteroatoms. The maximum Gasteiger partial charge on any atom is 0.410 e. The number of ether oxygens (including phenoxy) is 1. The average Bonchev–Trinajstić information content (AvgIpc) is 3.54. The SMILES string of the molecule is CC(C)(C)OC(=O)N1C[C@@H](Nc2ncnc3nc[nH]c23)C[C@H]1CNC(=O)[C@@H](Cc1ccccc1)NS(=O)(=O)C1CC1. The Balaban J connectivity index is 1.30. The Labute approximate surface area is 238 Å². The number of hydrogen-bond acceptors (Lipinski definition) is 9. The number of carbonyl (C=O) groups is 2. The fraction of sp³-hybridized carbons (Fsp3) is 0.519. The molecule has 0 unspecified atom stereocenters. The number of likely N-dealkylation sites (tertiary alicyclic amines) is 1. The number of H-pyrrole nitrogens is 1. The van der Waals surface area contributed by atoms with Crippen molar-refractivity contribution in [2.75, 3.05) is 18.4 Å². The van der Waals surface area contributed by atoms with Crippen molar-refractivity contribution in [1.29, 1.82) is 0 Å². The largest absolute Gasteiger partial charge is 0.444 e. The quantitative estimate of drug-likeness (QED) is 0.278. The van der Waals surface area contributed by atoms with Gasteiger partial charge in [0.15, 0.2) is 11.5 Å². The number of hydrogen-bond donors (Lipinski definition) is 4. The molecule has 0 spiro atoms. The third-order valence-electron chi connectivity index (χ3n) is 6.99. The van der Waals surface area contributed by atoms with E-state index in [1.807, 2.05) is 30.3 Å². The van der Waals surface area contributed by atoms with Crippen molar-refractivity contribution >= 4 is 39.0 Å². The van der Waals surface area contributed by atoms with Crippen LogP contribution in [-0.2, 0) is 26.0 Å². The van der Waals surface area contributed by atoms with Crippen molar-refractivity contribution < 1.29 is 22.7 Å². The molecular weight excluding hydrogens is 548 g/mol. The molecular formula is C27H36N8O5S. The number of aromatic nitrogens is 4. The lowest BCUT2D eigenvalue weighted by Gasteiger charge is -2.29. The van der Waals surface area contributed by atoms with Crippen molar-refractivity contribution in [1.82, 2.24) is 34.9 Å². The third-order valence-corrected chi connectivity index (χ3v) is 8.95. The summed E-state index contributed by atoms with van der Waals surface area (Å²) in [5, 5.41) is 5.81. The molecule has 41 heavy (non-hydrogen) atoms. The molecule has 2 aliphatic rings. The first-order chi connectivity index (χ1) is 19.5. The minimum Gasteiger partial charge on any atom is -0.444 e. The van der Waals surface area contributed by atoms with Gasteiger partial charge in [-0.25, -0.2) is 32.9 Å². The topological polar surface area (TPSA) is 171 Å². The second-order valence-corrected chi connectivity index (χ2v) is 13.5. The molecule has 1 saturated heterocycles. The van der Waals surface area contributed by atoms with Crippen molar-refractivity contribution in [2.45, 2.75) is 75.4 Å². The highest BCUT2D eigenvalue weighted by molar-refractivity contribution is 7.90. The molecule has 5 rings (SSSR count). The molecule has 3 aromatic rings. The highest BCUT2D eigenvalue weighted by atomic mass is 32.2. The van der Waals surface area contributed by atoms with E-state index in [2.05, 4.69) is 35.3 Å². The van der Waals surface area contributed by atoms with Gasteiger partial charge in [-0.2, -0.15) is 0 Å². The maximum atomic E-state index is 13.4. The smallest absolute Gasteiger partial charge is 0.410 e. The zero-order valence-electron chi connectivity index (χ0n) is 23.3. The van der Waals surface area contributed by atoms with Gasteiger partial charge in [0.05, 0.1) is 17.6 Å². The van der Waals surface area contributed by atoms with Crippen LogP contribution in [0, 0.1) is 0 Å². The molecule has 4 N–H and O–H groups in total. The number of sulfonamides is 1. The maximum absolute atomic E-state index is 13.4. The summed E-state index contributed by atoms with van der Waals surface area (Å²) in [6, 6.07) is 7.68. The first-order valence-electron chi connectivity index (χ1n) is 13.7. The van der Waals surface area contributed by atoms with Crippen LogP contribution in [0.3, 0.4) is 0 Å². The van der Waals surface area contributed by atoms with E-state index >= 15 is 0 Å². The van der Waals surface area contributed by atoms with Crippen LogP contribution in [0.2, 0.25) is 0 Å². The van der Waals surface area contributed by atoms with Crippen molar-refractivity contribution in [3.8, 4) is 0 Å². The van der Waals surface area contributed by atoms with Crippen LogP contribution in [0.1, 0.15) is 45.6 Å². The minimum absolute atomic E-state index is 0.121. The molecule has 1 saturated carbocycles. The van der Waals surface area contributed by atoms with Crippen molar-refractivity contribution in [3.05, 3.63) is 48.5 Å². The zero-order chi connectivity index (χ0) is 29.2. The molecule has 1 aliphatic carbocycles. The molecule has 2 fully saturated rings. The van der Waals surface area contributed by atoms with Crippen LogP contribution in [0.4, 0.5) is 10.6 Å². The van der Waals surface area contributed by atoms with E-state index in [1.54, 1.807) is 25.7 Å². The summed E-state index contributed by atoms with van der Waals surface area (Å²) >= 11 is 0. The standard InChI is InChI=1S/C27H36N8O5S/c1-27(2,3)40-26(37)35-14-18(33-24-22-23(30-15-29-22)31-16-32-24)12-19(35)13-28-25(36)21(11-17-7-5-4-6-8-17)34-41(38,39)20-9-10-20/h4-8,15-16,18-21,34H,9-14H2,1-3H3,(H,28,36)(H2,29,30,31,32,33)/t18-,19-,21+/m0/s1. The van der Waals surface area contributed by atoms with Crippen LogP contribution in [0.15, 0.2) is 43.0 Å². The summed E-state index contributed by atoms with van der Waals surface area (Å²) in [5.41, 5.74) is 1.31. The van der Waals surface area contributed by atoms with E-state index in [4.69, 9.17) is 4.74 Å².